The number of ketones is 1. The van der Waals surface area contributed by atoms with E-state index in [0.29, 0.717) is 36.4 Å². The van der Waals surface area contributed by atoms with Gasteiger partial charge in [0.05, 0.1) is 26.2 Å². The third kappa shape index (κ3) is 6.58. The zero-order chi connectivity index (χ0) is 38.4. The Balaban J connectivity index is 1.28. The van der Waals surface area contributed by atoms with Crippen LogP contribution in [0.2, 0.25) is 0 Å². The second-order valence-electron chi connectivity index (χ2n) is 15.3. The molecule has 2 heterocycles. The molecule has 1 aromatic heterocycles. The summed E-state index contributed by atoms with van der Waals surface area (Å²) in [6, 6.07) is 19.8. The Hall–Kier alpha value is -5.74. The first-order chi connectivity index (χ1) is 26.6. The fourth-order valence-corrected chi connectivity index (χ4v) is 9.65. The Labute approximate surface area is 319 Å². The fourth-order valence-electron chi connectivity index (χ4n) is 9.65. The number of carbonyl (C=O) groups excluding carboxylic acids is 1. The number of phenolic OH excluding ortho intramolecular Hbond substituents is 4. The molecule has 0 saturated heterocycles. The number of rotatable bonds is 7. The van der Waals surface area contributed by atoms with Crippen LogP contribution in [0, 0.1) is 5.92 Å². The Morgan fingerprint density at radius 3 is 2.49 bits per heavy atom. The van der Waals surface area contributed by atoms with E-state index in [2.05, 4.69) is 11.4 Å². The molecule has 6 N–H and O–H groups in total. The molecule has 3 aliphatic rings. The molecule has 4 unspecified atom stereocenters. The number of allylic oxidation sites excluding steroid dienone is 1. The zero-order valence-corrected chi connectivity index (χ0v) is 31.0. The van der Waals surface area contributed by atoms with Gasteiger partial charge in [-0.05, 0) is 131 Å². The first kappa shape index (κ1) is 36.2. The quantitative estimate of drug-likeness (QED) is 0.0892. The molecule has 4 atom stereocenters. The van der Waals surface area contributed by atoms with Gasteiger partial charge in [-0.3, -0.25) is 4.79 Å². The number of Topliss-reactive ketones (excluding diaryl/α,β-unsaturated/α-hetero) is 1. The number of benzene rings is 4. The van der Waals surface area contributed by atoms with Crippen LogP contribution in [0.1, 0.15) is 84.6 Å². The van der Waals surface area contributed by atoms with Crippen molar-refractivity contribution in [3.05, 3.63) is 107 Å². The van der Waals surface area contributed by atoms with Crippen LogP contribution in [0.15, 0.2) is 79.0 Å². The van der Waals surface area contributed by atoms with Gasteiger partial charge in [0.15, 0.2) is 23.0 Å². The summed E-state index contributed by atoms with van der Waals surface area (Å²) in [5.74, 6) is -0.944. The molecule has 55 heavy (non-hydrogen) atoms. The highest BCUT2D eigenvalue weighted by molar-refractivity contribution is 6.00. The van der Waals surface area contributed by atoms with Crippen molar-refractivity contribution in [1.29, 1.82) is 0 Å². The Bertz CT molecular complexity index is 2310. The van der Waals surface area contributed by atoms with E-state index in [9.17, 15) is 25.5 Å². The van der Waals surface area contributed by atoms with E-state index in [0.717, 1.165) is 64.4 Å². The van der Waals surface area contributed by atoms with Gasteiger partial charge in [-0.2, -0.15) is 0 Å². The Morgan fingerprint density at radius 1 is 0.909 bits per heavy atom. The van der Waals surface area contributed by atoms with E-state index in [4.69, 9.17) is 14.5 Å². The van der Waals surface area contributed by atoms with Crippen LogP contribution in [0.3, 0.4) is 0 Å². The van der Waals surface area contributed by atoms with Crippen LogP contribution in [0.25, 0.3) is 16.8 Å². The molecule has 4 aromatic carbocycles. The van der Waals surface area contributed by atoms with Crippen LogP contribution in [0.5, 0.6) is 34.5 Å². The van der Waals surface area contributed by atoms with Crippen LogP contribution in [-0.4, -0.2) is 56.6 Å². The van der Waals surface area contributed by atoms with E-state index in [1.807, 2.05) is 30.3 Å². The summed E-state index contributed by atoms with van der Waals surface area (Å²) >= 11 is 0. The highest BCUT2D eigenvalue weighted by Gasteiger charge is 2.49. The molecule has 1 spiro atoms. The molecule has 0 amide bonds. The lowest BCUT2D eigenvalue weighted by molar-refractivity contribution is -0.130. The fraction of sp³-hybridized carbons (Fsp3) is 0.333. The minimum atomic E-state index is -1.01. The summed E-state index contributed by atoms with van der Waals surface area (Å²) < 4.78 is 10.8. The molecule has 2 bridgehead atoms. The summed E-state index contributed by atoms with van der Waals surface area (Å²) in [5, 5.41) is 60.1. The summed E-state index contributed by atoms with van der Waals surface area (Å²) in [7, 11) is 2.92. The summed E-state index contributed by atoms with van der Waals surface area (Å²) in [6.45, 7) is 0. The van der Waals surface area contributed by atoms with E-state index in [1.54, 1.807) is 42.6 Å². The lowest BCUT2D eigenvalue weighted by atomic mass is 9.63. The lowest BCUT2D eigenvalue weighted by Crippen LogP contribution is -2.45. The lowest BCUT2D eigenvalue weighted by Gasteiger charge is -2.41. The van der Waals surface area contributed by atoms with Crippen molar-refractivity contribution < 1.29 is 39.8 Å². The number of pyridine rings is 1. The first-order valence-electron chi connectivity index (χ1n) is 19.0. The first-order valence-corrected chi connectivity index (χ1v) is 19.0. The van der Waals surface area contributed by atoms with Crippen molar-refractivity contribution in [3.63, 3.8) is 0 Å². The average molecular weight is 743 g/mol. The number of hydrogen-bond donors (Lipinski definition) is 6. The number of carbonyl (C=O) groups is 1. The number of ether oxygens (including phenoxy) is 2. The van der Waals surface area contributed by atoms with Gasteiger partial charge in [0.25, 0.3) is 0 Å². The number of aromatic hydroxyl groups is 4. The minimum absolute atomic E-state index is 0.0319. The molecule has 10 nitrogen and oxygen atoms in total. The van der Waals surface area contributed by atoms with Crippen molar-refractivity contribution in [3.8, 4) is 34.5 Å². The standard InChI is InChI=1S/C45H46N2O8/c1-54-38-17-25(5-11-34(38)49)6-12-35(50)43-36(51)21-29(30-22-37(52)44(53)39(23-30)55-2)18-26-7-8-27-19-32(48)20-28-9-10-33(42(26)41(27)28)47-40-24-31(13-16-46-40)45(43)14-3-4-15-45/h5,7-11,13,16-17,19-20,22-24,26,29,35,43,48-50,52-53H,3-4,6,12,14-15,18,21H2,1-2H3,(H,46,47). The molecule has 0 radical (unpaired) electrons. The monoisotopic (exact) mass is 742 g/mol. The Kier molecular flexibility index (Phi) is 9.55. The molecule has 1 saturated carbocycles. The molecule has 10 heteroatoms. The highest BCUT2D eigenvalue weighted by Crippen LogP contribution is 2.53. The summed E-state index contributed by atoms with van der Waals surface area (Å²) in [4.78, 5) is 20.1. The maximum absolute atomic E-state index is 15.3. The Morgan fingerprint density at radius 2 is 1.71 bits per heavy atom. The topological polar surface area (TPSA) is 162 Å². The third-order valence-corrected chi connectivity index (χ3v) is 12.2. The van der Waals surface area contributed by atoms with E-state index < -0.39 is 23.4 Å². The normalized spacial score (nSPS) is 20.6. The number of methoxy groups -OCH3 is 2. The van der Waals surface area contributed by atoms with Crippen LogP contribution >= 0.6 is 0 Å². The maximum Gasteiger partial charge on any atom is 0.200 e. The number of aromatic nitrogens is 1. The predicted molar refractivity (Wildman–Crippen MR) is 211 cm³/mol. The minimum Gasteiger partial charge on any atom is -0.508 e. The number of anilines is 2. The van der Waals surface area contributed by atoms with Gasteiger partial charge in [0, 0.05) is 29.6 Å². The van der Waals surface area contributed by atoms with Gasteiger partial charge in [-0.15, -0.1) is 0 Å². The van der Waals surface area contributed by atoms with Crippen molar-refractivity contribution >= 4 is 34.1 Å². The van der Waals surface area contributed by atoms with Crippen LogP contribution in [-0.2, 0) is 16.6 Å². The number of phenols is 4. The van der Waals surface area contributed by atoms with Crippen LogP contribution < -0.4 is 14.8 Å². The van der Waals surface area contributed by atoms with E-state index in [-0.39, 0.29) is 46.9 Å². The summed E-state index contributed by atoms with van der Waals surface area (Å²) in [6.07, 6.45) is 9.39. The van der Waals surface area contributed by atoms with Crippen molar-refractivity contribution in [2.24, 2.45) is 5.92 Å². The third-order valence-electron chi connectivity index (χ3n) is 12.2. The van der Waals surface area contributed by atoms with Crippen molar-refractivity contribution in [1.82, 2.24) is 4.98 Å². The molecule has 2 aliphatic carbocycles. The van der Waals surface area contributed by atoms with Gasteiger partial charge in [0.2, 0.25) is 5.75 Å². The number of hydrogen-bond acceptors (Lipinski definition) is 10. The van der Waals surface area contributed by atoms with E-state index >= 15 is 4.79 Å². The van der Waals surface area contributed by atoms with Gasteiger partial charge < -0.3 is 40.3 Å². The highest BCUT2D eigenvalue weighted by atomic mass is 16.5. The summed E-state index contributed by atoms with van der Waals surface area (Å²) in [5.41, 5.74) is 4.53. The van der Waals surface area contributed by atoms with Crippen LogP contribution in [0.4, 0.5) is 11.5 Å². The number of nitrogens with one attached hydrogen (secondary N) is 1. The molecule has 284 valence electrons. The smallest absolute Gasteiger partial charge is 0.200 e. The number of fused-ring (bicyclic) bond motifs is 3. The van der Waals surface area contributed by atoms with E-state index in [1.165, 1.54) is 20.3 Å². The second kappa shape index (κ2) is 14.5. The predicted octanol–water partition coefficient (Wildman–Crippen LogP) is 8.50. The number of nitrogens with zero attached hydrogens (tertiary/aromatic N) is 1. The molecule has 5 aromatic rings. The maximum atomic E-state index is 15.3. The molecule has 1 fully saturated rings. The zero-order valence-electron chi connectivity index (χ0n) is 31.0. The average Bonchev–Trinajstić information content (AvgIpc) is 3.67. The molecule has 8 rings (SSSR count). The number of aryl methyl sites for hydroxylation is 1. The SMILES string of the molecule is COc1cc(CCC(O)C2C(=O)CC(c3cc(O)c(O)c(OC)c3)CC3C=Cc4cc(O)cc5ccc(c3c45)Nc3cc(ccn3)C23CCCC3)ccc1O. The van der Waals surface area contributed by atoms with Gasteiger partial charge >= 0.3 is 0 Å². The van der Waals surface area contributed by atoms with Crippen molar-refractivity contribution in [2.45, 2.75) is 74.7 Å². The second-order valence-corrected chi connectivity index (χ2v) is 15.3. The van der Waals surface area contributed by atoms with Crippen molar-refractivity contribution in [2.75, 3.05) is 19.5 Å². The largest absolute Gasteiger partial charge is 0.508 e. The molecule has 1 aliphatic heterocycles. The molecular formula is C45H46N2O8. The van der Waals surface area contributed by atoms with Gasteiger partial charge in [-0.1, -0.05) is 37.1 Å². The van der Waals surface area contributed by atoms with Gasteiger partial charge in [0.1, 0.15) is 17.4 Å². The molecular weight excluding hydrogens is 697 g/mol. The number of aliphatic hydroxyl groups is 1. The number of aliphatic hydroxyl groups excluding tert-OH is 1. The van der Waals surface area contributed by atoms with Gasteiger partial charge in [-0.25, -0.2) is 4.98 Å².